The first-order chi connectivity index (χ1) is 16.7. The van der Waals surface area contributed by atoms with Crippen molar-refractivity contribution in [2.24, 2.45) is 0 Å². The summed E-state index contributed by atoms with van der Waals surface area (Å²) < 4.78 is 1.96. The Kier molecular flexibility index (Phi) is 7.91. The van der Waals surface area contributed by atoms with Crippen molar-refractivity contribution in [2.45, 2.75) is 51.2 Å². The fraction of sp³-hybridized carbons (Fsp3) is 0.321. The number of carbonyl (C=O) groups excluding carboxylic acids is 2. The van der Waals surface area contributed by atoms with Crippen molar-refractivity contribution in [1.82, 2.24) is 19.8 Å². The molecule has 0 radical (unpaired) electrons. The van der Waals surface area contributed by atoms with Crippen molar-refractivity contribution in [1.29, 1.82) is 0 Å². The Morgan fingerprint density at radius 1 is 1.09 bits per heavy atom. The number of unbranched alkanes of at least 4 members (excludes halogenated alkanes) is 1. The molecule has 3 aromatic rings. The van der Waals surface area contributed by atoms with Crippen LogP contribution in [0.4, 0.5) is 0 Å². The summed E-state index contributed by atoms with van der Waals surface area (Å²) in [5.74, 6) is -0.303. The predicted molar refractivity (Wildman–Crippen MR) is 133 cm³/mol. The van der Waals surface area contributed by atoms with E-state index in [9.17, 15) is 9.59 Å². The van der Waals surface area contributed by atoms with Crippen LogP contribution in [0.25, 0.3) is 0 Å². The molecule has 34 heavy (non-hydrogen) atoms. The van der Waals surface area contributed by atoms with Gasteiger partial charge in [-0.15, -0.1) is 0 Å². The Bertz CT molecular complexity index is 1110. The summed E-state index contributed by atoms with van der Waals surface area (Å²) in [4.78, 5) is 33.3. The number of hydrogen-bond donors (Lipinski definition) is 1. The van der Waals surface area contributed by atoms with Gasteiger partial charge in [-0.2, -0.15) is 0 Å². The number of aryl methyl sites for hydroxylation is 1. The lowest BCUT2D eigenvalue weighted by molar-refractivity contribution is -0.135. The molecule has 3 heterocycles. The predicted octanol–water partition coefficient (Wildman–Crippen LogP) is 4.55. The largest absolute Gasteiger partial charge is 0.344 e. The fourth-order valence-corrected chi connectivity index (χ4v) is 4.43. The number of nitrogens with one attached hydrogen (secondary N) is 1. The first kappa shape index (κ1) is 23.5. The zero-order valence-corrected chi connectivity index (χ0v) is 19.6. The zero-order chi connectivity index (χ0) is 23.8. The molecule has 6 heteroatoms. The van der Waals surface area contributed by atoms with Gasteiger partial charge in [0, 0.05) is 38.1 Å². The number of benzene rings is 1. The molecule has 1 aliphatic heterocycles. The molecule has 0 saturated carbocycles. The Morgan fingerprint density at radius 2 is 1.94 bits per heavy atom. The second-order valence-corrected chi connectivity index (χ2v) is 8.66. The van der Waals surface area contributed by atoms with Crippen LogP contribution in [0.3, 0.4) is 0 Å². The summed E-state index contributed by atoms with van der Waals surface area (Å²) >= 11 is 0. The fourth-order valence-electron chi connectivity index (χ4n) is 4.43. The van der Waals surface area contributed by atoms with Gasteiger partial charge in [-0.3, -0.25) is 14.6 Å². The highest BCUT2D eigenvalue weighted by Gasteiger charge is 2.32. The van der Waals surface area contributed by atoms with Crippen molar-refractivity contribution >= 4 is 11.8 Å². The topological polar surface area (TPSA) is 67.2 Å². The Hall–Kier alpha value is -3.67. The van der Waals surface area contributed by atoms with Crippen LogP contribution < -0.4 is 5.32 Å². The second kappa shape index (κ2) is 11.5. The minimum absolute atomic E-state index is 0.0814. The van der Waals surface area contributed by atoms with E-state index in [0.717, 1.165) is 36.9 Å². The van der Waals surface area contributed by atoms with Gasteiger partial charge in [0.1, 0.15) is 11.7 Å². The van der Waals surface area contributed by atoms with Crippen molar-refractivity contribution in [3.05, 3.63) is 102 Å². The van der Waals surface area contributed by atoms with E-state index in [4.69, 9.17) is 0 Å². The molecule has 1 aromatic carbocycles. The zero-order valence-electron chi connectivity index (χ0n) is 19.6. The van der Waals surface area contributed by atoms with Crippen molar-refractivity contribution < 1.29 is 9.59 Å². The smallest absolute Gasteiger partial charge is 0.268 e. The standard InChI is InChI=1S/C28H32N4O2/c1-2-3-17-31-18-10-15-26(31)27(33)30-24(20-22-11-5-4-6-12-22)28(34)32-19-8-7-14-25(32)23-13-9-16-29-21-23/h4-13,15-16,18,21,24-25H,2-3,14,17,19-20H2,1H3,(H,30,33). The molecular weight excluding hydrogens is 424 g/mol. The lowest BCUT2D eigenvalue weighted by Crippen LogP contribution is -2.51. The van der Waals surface area contributed by atoms with E-state index in [2.05, 4.69) is 23.3 Å². The van der Waals surface area contributed by atoms with E-state index in [-0.39, 0.29) is 17.9 Å². The van der Waals surface area contributed by atoms with E-state index >= 15 is 0 Å². The lowest BCUT2D eigenvalue weighted by atomic mass is 9.97. The van der Waals surface area contributed by atoms with E-state index in [0.29, 0.717) is 18.7 Å². The molecule has 1 N–H and O–H groups in total. The number of rotatable bonds is 9. The minimum Gasteiger partial charge on any atom is -0.344 e. The monoisotopic (exact) mass is 456 g/mol. The molecule has 6 nitrogen and oxygen atoms in total. The molecule has 2 aromatic heterocycles. The summed E-state index contributed by atoms with van der Waals surface area (Å²) in [5, 5.41) is 3.06. The molecule has 2 amide bonds. The van der Waals surface area contributed by atoms with E-state index in [1.54, 1.807) is 6.20 Å². The number of nitrogens with zero attached hydrogens (tertiary/aromatic N) is 3. The SMILES string of the molecule is CCCCn1cccc1C(=O)NC(Cc1ccccc1)C(=O)N1CC=CCC1c1cccnc1. The van der Waals surface area contributed by atoms with Crippen LogP contribution in [-0.4, -0.2) is 38.9 Å². The summed E-state index contributed by atoms with van der Waals surface area (Å²) in [7, 11) is 0. The molecule has 0 saturated heterocycles. The highest BCUT2D eigenvalue weighted by molar-refractivity contribution is 5.96. The van der Waals surface area contributed by atoms with Crippen LogP contribution in [0.2, 0.25) is 0 Å². The van der Waals surface area contributed by atoms with Gasteiger partial charge in [-0.25, -0.2) is 0 Å². The molecular formula is C28H32N4O2. The summed E-state index contributed by atoms with van der Waals surface area (Å²) in [6, 6.07) is 16.7. The molecule has 0 fully saturated rings. The van der Waals surface area contributed by atoms with Crippen molar-refractivity contribution in [2.75, 3.05) is 6.54 Å². The van der Waals surface area contributed by atoms with Crippen molar-refractivity contribution in [3.63, 3.8) is 0 Å². The van der Waals surface area contributed by atoms with E-state index in [1.807, 2.05) is 82.5 Å². The van der Waals surface area contributed by atoms with Crippen LogP contribution in [0.15, 0.2) is 85.3 Å². The van der Waals surface area contributed by atoms with Gasteiger partial charge in [0.2, 0.25) is 5.91 Å². The molecule has 176 valence electrons. The minimum atomic E-state index is -0.671. The maximum atomic E-state index is 13.9. The third-order valence-electron chi connectivity index (χ3n) is 6.26. The van der Waals surface area contributed by atoms with Crippen LogP contribution in [-0.2, 0) is 17.8 Å². The van der Waals surface area contributed by atoms with Gasteiger partial charge in [0.25, 0.3) is 5.91 Å². The second-order valence-electron chi connectivity index (χ2n) is 8.66. The van der Waals surface area contributed by atoms with Crippen LogP contribution >= 0.6 is 0 Å². The third kappa shape index (κ3) is 5.63. The number of carbonyl (C=O) groups is 2. The third-order valence-corrected chi connectivity index (χ3v) is 6.26. The first-order valence-corrected chi connectivity index (χ1v) is 12.0. The summed E-state index contributed by atoms with van der Waals surface area (Å²) in [5.41, 5.74) is 2.59. The number of aromatic nitrogens is 2. The molecule has 2 atom stereocenters. The first-order valence-electron chi connectivity index (χ1n) is 12.0. The highest BCUT2D eigenvalue weighted by atomic mass is 16.2. The lowest BCUT2D eigenvalue weighted by Gasteiger charge is -2.36. The molecule has 4 rings (SSSR count). The number of hydrogen-bond acceptors (Lipinski definition) is 3. The number of pyridine rings is 1. The number of amides is 2. The van der Waals surface area contributed by atoms with Gasteiger partial charge in [0.05, 0.1) is 6.04 Å². The Labute approximate surface area is 201 Å². The average Bonchev–Trinajstić information content (AvgIpc) is 3.36. The maximum absolute atomic E-state index is 13.9. The molecule has 0 bridgehead atoms. The van der Waals surface area contributed by atoms with Gasteiger partial charge in [-0.05, 0) is 42.2 Å². The van der Waals surface area contributed by atoms with Crippen molar-refractivity contribution in [3.8, 4) is 0 Å². The normalized spacial score (nSPS) is 16.3. The summed E-state index contributed by atoms with van der Waals surface area (Å²) in [6.45, 7) is 3.42. The molecule has 0 aliphatic carbocycles. The van der Waals surface area contributed by atoms with Crippen LogP contribution in [0.5, 0.6) is 0 Å². The summed E-state index contributed by atoms with van der Waals surface area (Å²) in [6.07, 6.45) is 12.8. The van der Waals surface area contributed by atoms with Crippen LogP contribution in [0, 0.1) is 0 Å². The Balaban J connectivity index is 1.59. The maximum Gasteiger partial charge on any atom is 0.268 e. The molecule has 1 aliphatic rings. The quantitative estimate of drug-likeness (QED) is 0.480. The van der Waals surface area contributed by atoms with Crippen LogP contribution in [0.1, 0.15) is 53.8 Å². The van der Waals surface area contributed by atoms with E-state index in [1.165, 1.54) is 0 Å². The van der Waals surface area contributed by atoms with Gasteiger partial charge >= 0.3 is 0 Å². The van der Waals surface area contributed by atoms with E-state index < -0.39 is 6.04 Å². The molecule has 0 spiro atoms. The van der Waals surface area contributed by atoms with Gasteiger partial charge in [-0.1, -0.05) is 61.9 Å². The van der Waals surface area contributed by atoms with Gasteiger partial charge < -0.3 is 14.8 Å². The average molecular weight is 457 g/mol. The highest BCUT2D eigenvalue weighted by Crippen LogP contribution is 2.28. The Morgan fingerprint density at radius 3 is 2.71 bits per heavy atom. The molecule has 2 unspecified atom stereocenters. The van der Waals surface area contributed by atoms with Gasteiger partial charge in [0.15, 0.2) is 0 Å².